The first-order chi connectivity index (χ1) is 28.2. The molecule has 0 aliphatic carbocycles. The van der Waals surface area contributed by atoms with E-state index < -0.39 is 0 Å². The van der Waals surface area contributed by atoms with Crippen LogP contribution in [0.4, 0.5) is 17.3 Å². The highest BCUT2D eigenvalue weighted by Gasteiger charge is 2.31. The summed E-state index contributed by atoms with van der Waals surface area (Å²) in [5.74, 6) is 1.77. The average molecular weight is 748 g/mol. The molecule has 0 radical (unpaired) electrons. The molecule has 0 N–H and O–H groups in total. The minimum absolute atomic E-state index is 0.547. The van der Waals surface area contributed by atoms with Crippen LogP contribution in [0.1, 0.15) is 12.5 Å². The number of para-hydroxylation sites is 1. The first kappa shape index (κ1) is 33.1. The summed E-state index contributed by atoms with van der Waals surface area (Å²) in [4.78, 5) is 23.1. The van der Waals surface area contributed by atoms with Gasteiger partial charge in [-0.25, -0.2) is 9.97 Å². The Morgan fingerprint density at radius 1 is 0.561 bits per heavy atom. The van der Waals surface area contributed by atoms with Gasteiger partial charge in [0.05, 0.1) is 22.6 Å². The third-order valence-corrected chi connectivity index (χ3v) is 12.2. The van der Waals surface area contributed by atoms with Gasteiger partial charge in [0.25, 0.3) is 0 Å². The van der Waals surface area contributed by atoms with Crippen molar-refractivity contribution in [2.24, 2.45) is 0 Å². The number of rotatable bonds is 6. The quantitative estimate of drug-likeness (QED) is 0.125. The topological polar surface area (TPSA) is 54.8 Å². The van der Waals surface area contributed by atoms with Crippen LogP contribution in [-0.2, 0) is 0 Å². The van der Waals surface area contributed by atoms with E-state index >= 15 is 0 Å². The molecule has 0 amide bonds. The van der Waals surface area contributed by atoms with Crippen LogP contribution in [0.15, 0.2) is 176 Å². The zero-order valence-corrected chi connectivity index (χ0v) is 31.8. The van der Waals surface area contributed by atoms with Gasteiger partial charge in [-0.15, -0.1) is 11.3 Å². The molecular formula is C51H33N5S. The minimum atomic E-state index is 0.547. The number of allylic oxidation sites excluding steroid dienone is 3. The normalized spacial score (nSPS) is 12.4. The highest BCUT2D eigenvalue weighted by atomic mass is 32.1. The highest BCUT2D eigenvalue weighted by Crippen LogP contribution is 2.52. The number of benzene rings is 7. The molecule has 5 nitrogen and oxygen atoms in total. The third kappa shape index (κ3) is 5.29. The van der Waals surface area contributed by atoms with Crippen LogP contribution in [0.3, 0.4) is 0 Å². The number of hydrogen-bond acceptors (Lipinski definition) is 6. The molecule has 6 heteroatoms. The van der Waals surface area contributed by atoms with Gasteiger partial charge in [-0.3, -0.25) is 4.90 Å². The Bertz CT molecular complexity index is 3220. The number of thiophene rings is 1. The van der Waals surface area contributed by atoms with E-state index in [9.17, 15) is 0 Å². The second-order valence-electron chi connectivity index (χ2n) is 14.2. The number of hydrogen-bond donors (Lipinski definition) is 0. The summed E-state index contributed by atoms with van der Waals surface area (Å²) in [6.45, 7) is 6.11. The van der Waals surface area contributed by atoms with E-state index in [1.54, 1.807) is 0 Å². The molecular weight excluding hydrogens is 715 g/mol. The molecule has 0 saturated heterocycles. The van der Waals surface area contributed by atoms with Gasteiger partial charge < -0.3 is 0 Å². The Morgan fingerprint density at radius 3 is 2.02 bits per heavy atom. The predicted molar refractivity (Wildman–Crippen MR) is 239 cm³/mol. The van der Waals surface area contributed by atoms with Crippen LogP contribution in [0.25, 0.3) is 92.6 Å². The van der Waals surface area contributed by atoms with E-state index in [1.807, 2.05) is 78.1 Å². The second kappa shape index (κ2) is 13.2. The van der Waals surface area contributed by atoms with Gasteiger partial charge in [0.1, 0.15) is 0 Å². The maximum atomic E-state index is 5.42. The molecule has 0 bridgehead atoms. The van der Waals surface area contributed by atoms with E-state index in [1.165, 1.54) is 31.3 Å². The molecule has 0 saturated carbocycles. The van der Waals surface area contributed by atoms with Gasteiger partial charge in [0.15, 0.2) is 11.6 Å². The minimum Gasteiger partial charge on any atom is -0.278 e. The standard InChI is InChI=1S/C51H33N5S/c1-3-31(4-2)34-26-28-45-40(29-34)39-22-13-20-36(48(39)57-45)35-25-27-43-41(30-35)47-46-38(37-19-11-12-23-42(37)52-47)21-14-24-44(46)56(43)51-54-49(32-15-7-5-8-16-32)53-50(55-51)33-17-9-6-10-18-33/h3-30H,1H2,2H3/b31-4+. The van der Waals surface area contributed by atoms with Crippen LogP contribution in [-0.4, -0.2) is 19.9 Å². The van der Waals surface area contributed by atoms with Gasteiger partial charge in [-0.1, -0.05) is 140 Å². The number of nitrogens with zero attached hydrogens (tertiary/aromatic N) is 5. The summed E-state index contributed by atoms with van der Waals surface area (Å²) in [6, 6.07) is 55.3. The molecule has 10 aromatic rings. The van der Waals surface area contributed by atoms with E-state index in [-0.39, 0.29) is 0 Å². The van der Waals surface area contributed by atoms with E-state index in [2.05, 4.69) is 122 Å². The maximum Gasteiger partial charge on any atom is 0.238 e. The molecule has 3 aromatic heterocycles. The van der Waals surface area contributed by atoms with Gasteiger partial charge in [0.2, 0.25) is 5.95 Å². The Labute approximate surface area is 333 Å². The van der Waals surface area contributed by atoms with E-state index in [4.69, 9.17) is 19.9 Å². The smallest absolute Gasteiger partial charge is 0.238 e. The Balaban J connectivity index is 1.18. The summed E-state index contributed by atoms with van der Waals surface area (Å²) in [6.07, 6.45) is 4.04. The van der Waals surface area contributed by atoms with Crippen molar-refractivity contribution < 1.29 is 0 Å². The SMILES string of the molecule is C=C/C(=C\C)c1ccc2sc3c(-c4ccc5c(c4)-c4nc6ccccc6c6cccc(c46)N5c4nc(-c5ccccc5)nc(-c5ccccc5)n4)cccc3c2c1. The van der Waals surface area contributed by atoms with Crippen molar-refractivity contribution >= 4 is 76.1 Å². The van der Waals surface area contributed by atoms with Crippen LogP contribution >= 0.6 is 11.3 Å². The first-order valence-electron chi connectivity index (χ1n) is 19.0. The van der Waals surface area contributed by atoms with Crippen LogP contribution in [0, 0.1) is 0 Å². The number of fused-ring (bicyclic) bond motifs is 7. The summed E-state index contributed by atoms with van der Waals surface area (Å²) in [5.41, 5.74) is 11.3. The van der Waals surface area contributed by atoms with Crippen molar-refractivity contribution in [2.45, 2.75) is 6.92 Å². The Morgan fingerprint density at radius 2 is 1.26 bits per heavy atom. The van der Waals surface area contributed by atoms with E-state index in [0.29, 0.717) is 17.6 Å². The summed E-state index contributed by atoms with van der Waals surface area (Å²) < 4.78 is 2.52. The lowest BCUT2D eigenvalue weighted by molar-refractivity contribution is 1.02. The first-order valence-corrected chi connectivity index (χ1v) is 19.9. The molecule has 0 fully saturated rings. The zero-order valence-electron chi connectivity index (χ0n) is 31.0. The van der Waals surface area contributed by atoms with Crippen molar-refractivity contribution in [3.63, 3.8) is 0 Å². The number of aromatic nitrogens is 4. The van der Waals surface area contributed by atoms with E-state index in [0.717, 1.165) is 66.6 Å². The summed E-state index contributed by atoms with van der Waals surface area (Å²) in [7, 11) is 0. The van der Waals surface area contributed by atoms with Gasteiger partial charge in [0, 0.05) is 47.6 Å². The molecule has 7 aromatic carbocycles. The van der Waals surface area contributed by atoms with Gasteiger partial charge >= 0.3 is 0 Å². The number of pyridine rings is 1. The van der Waals surface area contributed by atoms with Crippen LogP contribution in [0.5, 0.6) is 0 Å². The average Bonchev–Trinajstić information content (AvgIpc) is 3.66. The second-order valence-corrected chi connectivity index (χ2v) is 15.3. The molecule has 268 valence electrons. The summed E-state index contributed by atoms with van der Waals surface area (Å²) >= 11 is 1.84. The Kier molecular flexibility index (Phi) is 7.66. The number of anilines is 3. The van der Waals surface area contributed by atoms with Crippen molar-refractivity contribution in [2.75, 3.05) is 4.90 Å². The van der Waals surface area contributed by atoms with Gasteiger partial charge in [-0.05, 0) is 71.0 Å². The molecule has 0 unspecified atom stereocenters. The lowest BCUT2D eigenvalue weighted by atomic mass is 9.91. The highest BCUT2D eigenvalue weighted by molar-refractivity contribution is 7.26. The molecule has 1 aliphatic rings. The molecule has 0 atom stereocenters. The fourth-order valence-corrected chi connectivity index (χ4v) is 9.53. The fraction of sp³-hybridized carbons (Fsp3) is 0.0196. The predicted octanol–water partition coefficient (Wildman–Crippen LogP) is 14.0. The molecule has 4 heterocycles. The lowest BCUT2D eigenvalue weighted by Gasteiger charge is -2.32. The molecule has 57 heavy (non-hydrogen) atoms. The lowest BCUT2D eigenvalue weighted by Crippen LogP contribution is -2.19. The zero-order chi connectivity index (χ0) is 38.0. The van der Waals surface area contributed by atoms with Crippen LogP contribution < -0.4 is 4.90 Å². The van der Waals surface area contributed by atoms with Gasteiger partial charge in [-0.2, -0.15) is 9.97 Å². The maximum absolute atomic E-state index is 5.42. The monoisotopic (exact) mass is 747 g/mol. The molecule has 11 rings (SSSR count). The summed E-state index contributed by atoms with van der Waals surface area (Å²) in [5, 5.41) is 5.81. The van der Waals surface area contributed by atoms with Crippen LogP contribution in [0.2, 0.25) is 0 Å². The third-order valence-electron chi connectivity index (χ3n) is 11.0. The van der Waals surface area contributed by atoms with Crippen molar-refractivity contribution in [1.29, 1.82) is 0 Å². The fourth-order valence-electron chi connectivity index (χ4n) is 8.31. The van der Waals surface area contributed by atoms with Crippen molar-refractivity contribution in [3.05, 3.63) is 182 Å². The van der Waals surface area contributed by atoms with Crippen molar-refractivity contribution in [3.8, 4) is 45.2 Å². The largest absolute Gasteiger partial charge is 0.278 e. The van der Waals surface area contributed by atoms with Crippen molar-refractivity contribution in [1.82, 2.24) is 19.9 Å². The molecule has 0 spiro atoms. The Hall–Kier alpha value is -7.28. The molecule has 1 aliphatic heterocycles.